The molecule has 0 spiro atoms. The molecule has 45 heavy (non-hydrogen) atoms. The van der Waals surface area contributed by atoms with E-state index in [2.05, 4.69) is 52.8 Å². The van der Waals surface area contributed by atoms with E-state index in [0.29, 0.717) is 0 Å². The largest absolute Gasteiger partial charge is 0.582 e. The molecule has 6 rings (SSSR count). The first-order chi connectivity index (χ1) is 21.4. The normalized spacial score (nSPS) is 30.3. The number of fused-ring (bicyclic) bond motifs is 2. The van der Waals surface area contributed by atoms with Crippen LogP contribution in [-0.4, -0.2) is 110 Å². The number of hydrogen-bond acceptors (Lipinski definition) is 18. The molecule has 21 nitrogen and oxygen atoms in total. The van der Waals surface area contributed by atoms with Gasteiger partial charge >= 0.3 is 13.9 Å². The highest BCUT2D eigenvalue weighted by atomic mass is 32.7. The predicted molar refractivity (Wildman–Crippen MR) is 151 cm³/mol. The highest BCUT2D eigenvalue weighted by molar-refractivity contribution is 8.39. The summed E-state index contributed by atoms with van der Waals surface area (Å²) in [6.07, 6.45) is -12.5. The second-order valence-electron chi connectivity index (χ2n) is 9.47. The topological polar surface area (TPSA) is 289 Å². The zero-order valence-electron chi connectivity index (χ0n) is 22.0. The number of aliphatic hydroxyl groups excluding tert-OH is 1. The van der Waals surface area contributed by atoms with E-state index in [-0.39, 0.29) is 34.1 Å². The maximum absolute atomic E-state index is 15.6. The number of anilines is 2. The lowest BCUT2D eigenvalue weighted by molar-refractivity contribution is -0.0601. The molecule has 0 amide bonds. The summed E-state index contributed by atoms with van der Waals surface area (Å²) in [6.45, 7) is -6.01. The van der Waals surface area contributed by atoms with Crippen molar-refractivity contribution in [1.29, 1.82) is 0 Å². The molecule has 7 N–H and O–H groups in total. The molecule has 2 unspecified atom stereocenters. The lowest BCUT2D eigenvalue weighted by Crippen LogP contribution is -2.34. The molecule has 0 aromatic carbocycles. The molecule has 0 aliphatic carbocycles. The van der Waals surface area contributed by atoms with Crippen molar-refractivity contribution < 1.29 is 46.4 Å². The van der Waals surface area contributed by atoms with Crippen LogP contribution in [0.2, 0.25) is 0 Å². The Hall–Kier alpha value is -2.96. The van der Waals surface area contributed by atoms with Crippen LogP contribution >= 0.6 is 26.2 Å². The summed E-state index contributed by atoms with van der Waals surface area (Å²) in [7, 11) is -2.67. The maximum Gasteiger partial charge on any atom is 0.582 e. The fourth-order valence-corrected chi connectivity index (χ4v) is 6.93. The van der Waals surface area contributed by atoms with Crippen LogP contribution in [0.3, 0.4) is 0 Å². The van der Waals surface area contributed by atoms with Crippen molar-refractivity contribution in [1.82, 2.24) is 49.9 Å². The number of aliphatic hydroxyl groups is 1. The first-order valence-corrected chi connectivity index (χ1v) is 17.4. The number of nitrogens with zero attached hydrogens (tertiary/aromatic N) is 9. The van der Waals surface area contributed by atoms with Gasteiger partial charge < -0.3 is 35.5 Å². The fraction of sp³-hybridized carbons (Fsp3) is 0.556. The van der Waals surface area contributed by atoms with Crippen LogP contribution in [-0.2, 0) is 39.4 Å². The van der Waals surface area contributed by atoms with Crippen molar-refractivity contribution in [3.63, 3.8) is 0 Å². The SMILES string of the molecule is Nc1nc2c(nnn2[C@@H]2O[C@H](CO)[C@@H](F)[C@H]2OP(O)(=S)OC[C@H]2O[C@@H](n3nnc4c(N)ncnc43)[C@@H](F)[C@@H]2O[P+](=O)S)c(=O)[nH]1. The number of thiol groups is 1. The van der Waals surface area contributed by atoms with Crippen LogP contribution in [0.15, 0.2) is 11.1 Å². The average molecular weight is 714 g/mol. The number of nitrogen functional groups attached to an aromatic ring is 2. The van der Waals surface area contributed by atoms with Crippen LogP contribution in [0.5, 0.6) is 0 Å². The number of H-pyrrole nitrogens is 1. The van der Waals surface area contributed by atoms with Gasteiger partial charge in [-0.1, -0.05) is 10.4 Å². The third-order valence-corrected chi connectivity index (χ3v) is 8.97. The Morgan fingerprint density at radius 3 is 2.49 bits per heavy atom. The summed E-state index contributed by atoms with van der Waals surface area (Å²) < 4.78 is 71.9. The highest BCUT2D eigenvalue weighted by Crippen LogP contribution is 2.51. The molecular formula is C18H21F2N12O9P2S2+. The van der Waals surface area contributed by atoms with E-state index in [1.54, 1.807) is 0 Å². The van der Waals surface area contributed by atoms with Crippen molar-refractivity contribution in [3.8, 4) is 0 Å². The second kappa shape index (κ2) is 12.3. The number of nitrogens with two attached hydrogens (primary N) is 2. The average Bonchev–Trinajstić information content (AvgIpc) is 3.73. The van der Waals surface area contributed by atoms with E-state index in [4.69, 9.17) is 46.3 Å². The van der Waals surface area contributed by atoms with Gasteiger partial charge in [-0.2, -0.15) is 14.3 Å². The lowest BCUT2D eigenvalue weighted by atomic mass is 10.1. The Morgan fingerprint density at radius 1 is 1.09 bits per heavy atom. The summed E-state index contributed by atoms with van der Waals surface area (Å²) in [5, 5.41) is 24.7. The van der Waals surface area contributed by atoms with Gasteiger partial charge in [-0.05, 0) is 16.4 Å². The van der Waals surface area contributed by atoms with Crippen LogP contribution in [0, 0.1) is 0 Å². The molecule has 242 valence electrons. The first kappa shape index (κ1) is 32.0. The molecule has 10 atom stereocenters. The number of alkyl halides is 2. The van der Waals surface area contributed by atoms with Gasteiger partial charge in [0.2, 0.25) is 5.95 Å². The molecule has 0 saturated carbocycles. The van der Waals surface area contributed by atoms with E-state index < -0.39 is 81.9 Å². The number of rotatable bonds is 10. The smallest absolute Gasteiger partial charge is 0.394 e. The van der Waals surface area contributed by atoms with E-state index in [0.717, 1.165) is 15.7 Å². The predicted octanol–water partition coefficient (Wildman–Crippen LogP) is -1.03. The molecule has 6 heterocycles. The highest BCUT2D eigenvalue weighted by Gasteiger charge is 2.54. The number of ether oxygens (including phenoxy) is 2. The van der Waals surface area contributed by atoms with Gasteiger partial charge in [-0.25, -0.2) is 18.7 Å². The Kier molecular flexibility index (Phi) is 8.77. The van der Waals surface area contributed by atoms with Gasteiger partial charge in [0.05, 0.1) is 13.2 Å². The third kappa shape index (κ3) is 6.01. The monoisotopic (exact) mass is 713 g/mol. The van der Waals surface area contributed by atoms with Crippen molar-refractivity contribution in [2.24, 2.45) is 0 Å². The Morgan fingerprint density at radius 2 is 1.78 bits per heavy atom. The van der Waals surface area contributed by atoms with Crippen molar-refractivity contribution in [2.75, 3.05) is 24.7 Å². The zero-order valence-corrected chi connectivity index (χ0v) is 25.5. The third-order valence-electron chi connectivity index (χ3n) is 6.70. The minimum absolute atomic E-state index is 0.0138. The quantitative estimate of drug-likeness (QED) is 0.0846. The van der Waals surface area contributed by atoms with Crippen LogP contribution < -0.4 is 17.0 Å². The lowest BCUT2D eigenvalue weighted by Gasteiger charge is -2.25. The van der Waals surface area contributed by atoms with Crippen molar-refractivity contribution >= 4 is 72.1 Å². The summed E-state index contributed by atoms with van der Waals surface area (Å²) in [4.78, 5) is 37.0. The standard InChI is InChI=1S/C18H20F2N12O9P2S2/c19-6-4(1-33)38-17(32-14-9(28-30-32)15(34)26-18(22)25-14)11(6)41-43(36,45)37-2-5-10(40-42(35)44)7(20)16(39-5)31-13-8(27-29-31)12(21)23-3-24-13/h3-7,10-11,16-17,33H,1-2H2,(H6-,21,22,23,24,25,26,29,30,34,35,36,44,45)/p+1/t4-,5-,6-,7+,10-,11-,16-,17-,43?/m1/s1. The van der Waals surface area contributed by atoms with E-state index >= 15 is 8.78 Å². The summed E-state index contributed by atoms with van der Waals surface area (Å²) in [6, 6.07) is 0. The van der Waals surface area contributed by atoms with Gasteiger partial charge in [0, 0.05) is 0 Å². The number of aromatic nitrogens is 10. The van der Waals surface area contributed by atoms with Gasteiger partial charge in [-0.15, -0.1) is 14.7 Å². The van der Waals surface area contributed by atoms with Crippen LogP contribution in [0.1, 0.15) is 12.5 Å². The molecule has 0 bridgehead atoms. The molecule has 4 aromatic rings. The van der Waals surface area contributed by atoms with Crippen molar-refractivity contribution in [3.05, 3.63) is 16.7 Å². The molecule has 0 radical (unpaired) electrons. The summed E-state index contributed by atoms with van der Waals surface area (Å²) in [5.41, 5.74) is 10.2. The minimum atomic E-state index is -4.46. The van der Waals surface area contributed by atoms with Crippen LogP contribution in [0.25, 0.3) is 22.3 Å². The van der Waals surface area contributed by atoms with E-state index in [1.165, 1.54) is 0 Å². The van der Waals surface area contributed by atoms with Crippen LogP contribution in [0.4, 0.5) is 20.5 Å². The summed E-state index contributed by atoms with van der Waals surface area (Å²) in [5.74, 6) is -0.342. The first-order valence-electron chi connectivity index (χ1n) is 12.5. The number of halogens is 2. The Labute approximate surface area is 258 Å². The van der Waals surface area contributed by atoms with E-state index in [1.807, 2.05) is 0 Å². The van der Waals surface area contributed by atoms with Gasteiger partial charge in [0.15, 0.2) is 59.0 Å². The van der Waals surface area contributed by atoms with Gasteiger partial charge in [0.1, 0.15) is 36.9 Å². The number of aromatic amines is 1. The Balaban J connectivity index is 1.22. The van der Waals surface area contributed by atoms with Gasteiger partial charge in [-0.3, -0.25) is 14.3 Å². The summed E-state index contributed by atoms with van der Waals surface area (Å²) >= 11 is 8.76. The molecule has 2 saturated heterocycles. The molecule has 27 heteroatoms. The van der Waals surface area contributed by atoms with Gasteiger partial charge in [0.25, 0.3) is 5.56 Å². The molecule has 2 aliphatic rings. The number of nitrogens with one attached hydrogen (secondary N) is 1. The molecular weight excluding hydrogens is 692 g/mol. The second-order valence-corrected chi connectivity index (χ2v) is 13.9. The number of hydrogen-bond donors (Lipinski definition) is 6. The van der Waals surface area contributed by atoms with Crippen molar-refractivity contribution in [2.45, 2.75) is 49.2 Å². The minimum Gasteiger partial charge on any atom is -0.394 e. The van der Waals surface area contributed by atoms with E-state index in [9.17, 15) is 19.4 Å². The molecule has 2 aliphatic heterocycles. The Bertz CT molecular complexity index is 1870. The maximum atomic E-state index is 15.6. The molecule has 2 fully saturated rings. The zero-order chi connectivity index (χ0) is 32.2. The fourth-order valence-electron chi connectivity index (χ4n) is 4.74. The molecule has 4 aromatic heterocycles.